The summed E-state index contributed by atoms with van der Waals surface area (Å²) in [7, 11) is 1.37. The zero-order chi connectivity index (χ0) is 9.56. The molecule has 0 rings (SSSR count). The Balaban J connectivity index is 4.19. The molecule has 3 nitrogen and oxygen atoms in total. The van der Waals surface area contributed by atoms with E-state index in [0.29, 0.717) is 0 Å². The Morgan fingerprint density at radius 2 is 1.92 bits per heavy atom. The van der Waals surface area contributed by atoms with Gasteiger partial charge in [0.25, 0.3) is 0 Å². The molecule has 0 saturated carbocycles. The number of aliphatic imine (C=N–C) groups is 1. The van der Waals surface area contributed by atoms with Crippen molar-refractivity contribution in [3.05, 3.63) is 0 Å². The van der Waals surface area contributed by atoms with Gasteiger partial charge in [-0.25, -0.2) is 4.79 Å². The number of hydrogen-bond acceptors (Lipinski definition) is 5. The predicted octanol–water partition coefficient (Wildman–Crippen LogP) is 1.63. The lowest BCUT2D eigenvalue weighted by atomic mass is 10.4. The number of ether oxygens (including phenoxy) is 1. The van der Waals surface area contributed by atoms with Crippen LogP contribution in [-0.2, 0) is 9.53 Å². The van der Waals surface area contributed by atoms with Gasteiger partial charge in [-0.3, -0.25) is 4.99 Å². The zero-order valence-electron chi connectivity index (χ0n) is 7.66. The normalized spacial score (nSPS) is 12.0. The summed E-state index contributed by atoms with van der Waals surface area (Å²) in [6.07, 6.45) is 3.86. The van der Waals surface area contributed by atoms with E-state index in [2.05, 4.69) is 9.73 Å². The maximum Gasteiger partial charge on any atom is 0.330 e. The molecule has 0 aromatic rings. The average molecular weight is 207 g/mol. The molecule has 0 heterocycles. The van der Waals surface area contributed by atoms with Crippen molar-refractivity contribution in [2.75, 3.05) is 19.6 Å². The van der Waals surface area contributed by atoms with E-state index in [0.717, 1.165) is 4.38 Å². The number of hydrogen-bond donors (Lipinski definition) is 0. The number of methoxy groups -OCH3 is 1. The van der Waals surface area contributed by atoms with Gasteiger partial charge in [-0.2, -0.15) is 0 Å². The second kappa shape index (κ2) is 6.37. The fourth-order valence-electron chi connectivity index (χ4n) is 0.570. The Bertz CT molecular complexity index is 176. The lowest BCUT2D eigenvalue weighted by molar-refractivity contribution is -0.141. The molecule has 0 aliphatic carbocycles. The Kier molecular flexibility index (Phi) is 6.28. The second-order valence-corrected chi connectivity index (χ2v) is 3.85. The van der Waals surface area contributed by atoms with Crippen molar-refractivity contribution in [2.45, 2.75) is 13.0 Å². The van der Waals surface area contributed by atoms with Crippen LogP contribution < -0.4 is 0 Å². The highest BCUT2D eigenvalue weighted by Crippen LogP contribution is 2.12. The standard InChI is InChI=1S/C7H13NO2S2/c1-5(6(9)10-2)8-7(11-3)12-4/h5H,1-4H3. The average Bonchev–Trinajstić information content (AvgIpc) is 2.12. The van der Waals surface area contributed by atoms with Crippen LogP contribution in [0.2, 0.25) is 0 Å². The molecular weight excluding hydrogens is 194 g/mol. The molecule has 0 N–H and O–H groups in total. The first-order valence-electron chi connectivity index (χ1n) is 3.39. The molecule has 0 radical (unpaired) electrons. The summed E-state index contributed by atoms with van der Waals surface area (Å²) in [5.41, 5.74) is 0. The summed E-state index contributed by atoms with van der Waals surface area (Å²) in [6.45, 7) is 1.72. The van der Waals surface area contributed by atoms with Gasteiger partial charge in [-0.05, 0) is 19.4 Å². The van der Waals surface area contributed by atoms with Crippen LogP contribution in [0.4, 0.5) is 0 Å². The molecule has 5 heteroatoms. The molecule has 0 amide bonds. The highest BCUT2D eigenvalue weighted by atomic mass is 32.2. The highest BCUT2D eigenvalue weighted by molar-refractivity contribution is 8.38. The number of nitrogens with zero attached hydrogens (tertiary/aromatic N) is 1. The molecule has 0 aliphatic heterocycles. The molecule has 0 spiro atoms. The summed E-state index contributed by atoms with van der Waals surface area (Å²) >= 11 is 3.06. The van der Waals surface area contributed by atoms with Crippen molar-refractivity contribution in [3.8, 4) is 0 Å². The third-order valence-electron chi connectivity index (χ3n) is 1.19. The molecule has 0 bridgehead atoms. The van der Waals surface area contributed by atoms with Crippen LogP contribution in [0.25, 0.3) is 0 Å². The topological polar surface area (TPSA) is 38.7 Å². The van der Waals surface area contributed by atoms with Crippen molar-refractivity contribution >= 4 is 33.9 Å². The number of esters is 1. The van der Waals surface area contributed by atoms with Crippen molar-refractivity contribution < 1.29 is 9.53 Å². The van der Waals surface area contributed by atoms with Gasteiger partial charge in [0.1, 0.15) is 10.4 Å². The molecule has 0 aromatic carbocycles. The number of carbonyl (C=O) groups excluding carboxylic acids is 1. The molecule has 0 aliphatic rings. The van der Waals surface area contributed by atoms with Crippen LogP contribution in [0, 0.1) is 0 Å². The maximum absolute atomic E-state index is 10.9. The molecule has 70 valence electrons. The van der Waals surface area contributed by atoms with Crippen molar-refractivity contribution in [2.24, 2.45) is 4.99 Å². The van der Waals surface area contributed by atoms with Crippen molar-refractivity contribution in [1.82, 2.24) is 0 Å². The summed E-state index contributed by atoms with van der Waals surface area (Å²) < 4.78 is 5.43. The Morgan fingerprint density at radius 1 is 1.42 bits per heavy atom. The van der Waals surface area contributed by atoms with Crippen molar-refractivity contribution in [3.63, 3.8) is 0 Å². The summed E-state index contributed by atoms with van der Waals surface area (Å²) in [6, 6.07) is -0.398. The fraction of sp³-hybridized carbons (Fsp3) is 0.714. The van der Waals surface area contributed by atoms with Gasteiger partial charge >= 0.3 is 5.97 Å². The van der Waals surface area contributed by atoms with Crippen LogP contribution >= 0.6 is 23.5 Å². The first-order valence-corrected chi connectivity index (χ1v) is 5.84. The molecule has 0 fully saturated rings. The summed E-state index contributed by atoms with van der Waals surface area (Å²) in [4.78, 5) is 15.1. The van der Waals surface area contributed by atoms with E-state index in [1.807, 2.05) is 12.5 Å². The lowest BCUT2D eigenvalue weighted by Crippen LogP contribution is -2.16. The number of carbonyl (C=O) groups is 1. The monoisotopic (exact) mass is 207 g/mol. The van der Waals surface area contributed by atoms with Crippen molar-refractivity contribution in [1.29, 1.82) is 0 Å². The molecule has 12 heavy (non-hydrogen) atoms. The van der Waals surface area contributed by atoms with Crippen LogP contribution in [0.3, 0.4) is 0 Å². The highest BCUT2D eigenvalue weighted by Gasteiger charge is 2.11. The minimum absolute atomic E-state index is 0.296. The van der Waals surface area contributed by atoms with Gasteiger partial charge in [0, 0.05) is 0 Å². The Labute approximate surface area is 81.3 Å². The lowest BCUT2D eigenvalue weighted by Gasteiger charge is -2.05. The predicted molar refractivity (Wildman–Crippen MR) is 55.9 cm³/mol. The summed E-state index contributed by atoms with van der Waals surface area (Å²) in [5.74, 6) is -0.296. The third kappa shape index (κ3) is 4.01. The van der Waals surface area contributed by atoms with E-state index in [9.17, 15) is 4.79 Å². The fourth-order valence-corrected chi connectivity index (χ4v) is 1.76. The SMILES string of the molecule is COC(=O)C(C)N=C(SC)SC. The molecule has 0 aromatic heterocycles. The van der Waals surface area contributed by atoms with Crippen LogP contribution in [0.5, 0.6) is 0 Å². The minimum atomic E-state index is -0.398. The van der Waals surface area contributed by atoms with E-state index in [-0.39, 0.29) is 5.97 Å². The van der Waals surface area contributed by atoms with Crippen LogP contribution in [0.1, 0.15) is 6.92 Å². The van der Waals surface area contributed by atoms with Gasteiger partial charge in [0.15, 0.2) is 0 Å². The maximum atomic E-state index is 10.9. The van der Waals surface area contributed by atoms with Crippen LogP contribution in [-0.4, -0.2) is 36.0 Å². The van der Waals surface area contributed by atoms with E-state index in [1.54, 1.807) is 6.92 Å². The summed E-state index contributed by atoms with van der Waals surface area (Å²) in [5, 5.41) is 0. The third-order valence-corrected chi connectivity index (χ3v) is 3.10. The van der Waals surface area contributed by atoms with Crippen LogP contribution in [0.15, 0.2) is 4.99 Å². The Hall–Kier alpha value is -0.160. The zero-order valence-corrected chi connectivity index (χ0v) is 9.29. The smallest absolute Gasteiger partial charge is 0.330 e. The van der Waals surface area contributed by atoms with E-state index >= 15 is 0 Å². The quantitative estimate of drug-likeness (QED) is 0.392. The molecule has 1 atom stereocenters. The Morgan fingerprint density at radius 3 is 2.25 bits per heavy atom. The van der Waals surface area contributed by atoms with E-state index in [4.69, 9.17) is 0 Å². The van der Waals surface area contributed by atoms with Gasteiger partial charge in [0.05, 0.1) is 7.11 Å². The largest absolute Gasteiger partial charge is 0.467 e. The minimum Gasteiger partial charge on any atom is -0.467 e. The molecule has 0 saturated heterocycles. The number of rotatable bonds is 2. The second-order valence-electron chi connectivity index (χ2n) is 2.00. The van der Waals surface area contributed by atoms with Gasteiger partial charge in [0.2, 0.25) is 0 Å². The van der Waals surface area contributed by atoms with Gasteiger partial charge < -0.3 is 4.74 Å². The van der Waals surface area contributed by atoms with E-state index < -0.39 is 6.04 Å². The first-order chi connectivity index (χ1) is 5.65. The van der Waals surface area contributed by atoms with E-state index in [1.165, 1.54) is 30.6 Å². The first kappa shape index (κ1) is 11.8. The van der Waals surface area contributed by atoms with Gasteiger partial charge in [-0.15, -0.1) is 23.5 Å². The molecule has 1 unspecified atom stereocenters. The van der Waals surface area contributed by atoms with Gasteiger partial charge in [-0.1, -0.05) is 0 Å². The number of thioether (sulfide) groups is 2. The molecular formula is C7H13NO2S2.